The van der Waals surface area contributed by atoms with Crippen LogP contribution < -0.4 is 21.3 Å². The number of aliphatic hydroxyl groups excluding tert-OH is 8. The van der Waals surface area contributed by atoms with Crippen LogP contribution in [0.2, 0.25) is 0 Å². The highest BCUT2D eigenvalue weighted by molar-refractivity contribution is 5.78. The first-order valence-electron chi connectivity index (χ1n) is 26.5. The predicted octanol–water partition coefficient (Wildman–Crippen LogP) is -4.39. The smallest absolute Gasteiger partial charge is 0.295 e. The van der Waals surface area contributed by atoms with E-state index >= 15 is 0 Å². The molecule has 448 valence electrons. The summed E-state index contributed by atoms with van der Waals surface area (Å²) < 4.78 is 67.0. The van der Waals surface area contributed by atoms with Crippen molar-refractivity contribution in [3.8, 4) is 0 Å². The van der Waals surface area contributed by atoms with Crippen molar-refractivity contribution in [1.29, 1.82) is 0 Å². The SMILES string of the molecule is CNC(=O)CCCCC(=O)CCCCCCO[C@@H]1OC(C)[C@H](O)[C@H](O[C@@H]2OC(C)[C@@H](O[C@H]3C[C@@H](O)[C@H](O)C(CO)O3)[C@H](O[C@@H]3OC(OC=O)[C@@H](O)[C@H](O)C3O[C@@H]3OC(C)[C@@H](O)[C@H](O)C3NC(C)=O)C2NC(C)=O)C1NC(C)=O. The van der Waals surface area contributed by atoms with Gasteiger partial charge in [0.2, 0.25) is 29.9 Å². The maximum atomic E-state index is 13.3. The number of hydrogen-bond acceptors (Lipinski definition) is 25. The van der Waals surface area contributed by atoms with Crippen molar-refractivity contribution in [3.05, 3.63) is 0 Å². The first-order valence-corrected chi connectivity index (χ1v) is 26.5. The van der Waals surface area contributed by atoms with Crippen molar-refractivity contribution in [2.45, 2.75) is 253 Å². The summed E-state index contributed by atoms with van der Waals surface area (Å²) in [6.07, 6.45) is -28.8. The minimum absolute atomic E-state index is 0.0740. The number of carbonyl (C=O) groups is 6. The van der Waals surface area contributed by atoms with E-state index in [0.29, 0.717) is 57.8 Å². The van der Waals surface area contributed by atoms with E-state index in [9.17, 15) is 69.6 Å². The second-order valence-electron chi connectivity index (χ2n) is 20.3. The molecule has 9 unspecified atom stereocenters. The van der Waals surface area contributed by atoms with E-state index in [4.69, 9.17) is 52.1 Å². The molecule has 29 heteroatoms. The number of aliphatic hydroxyl groups is 8. The molecule has 0 aromatic carbocycles. The lowest BCUT2D eigenvalue weighted by molar-refractivity contribution is -0.400. The fourth-order valence-corrected chi connectivity index (χ4v) is 9.95. The number of amides is 4. The second kappa shape index (κ2) is 30.9. The zero-order valence-electron chi connectivity index (χ0n) is 44.9. The molecule has 12 N–H and O–H groups in total. The molecule has 5 heterocycles. The molecule has 0 aliphatic carbocycles. The Bertz CT molecular complexity index is 1930. The molecular weight excluding hydrogens is 1040 g/mol. The molecule has 5 aliphatic rings. The van der Waals surface area contributed by atoms with Crippen LogP contribution in [0.5, 0.6) is 0 Å². The van der Waals surface area contributed by atoms with E-state index < -0.39 is 172 Å². The van der Waals surface area contributed by atoms with Crippen molar-refractivity contribution in [1.82, 2.24) is 21.3 Å². The number of rotatable bonds is 27. The summed E-state index contributed by atoms with van der Waals surface area (Å²) in [6.45, 7) is 7.11. The lowest BCUT2D eigenvalue weighted by Crippen LogP contribution is -2.71. The lowest BCUT2D eigenvalue weighted by Gasteiger charge is -2.52. The molecule has 24 atom stereocenters. The molecule has 0 aromatic heterocycles. The van der Waals surface area contributed by atoms with Crippen LogP contribution in [0.1, 0.15) is 106 Å². The van der Waals surface area contributed by atoms with Gasteiger partial charge in [0.05, 0.1) is 31.0 Å². The minimum Gasteiger partial charge on any atom is -0.435 e. The van der Waals surface area contributed by atoms with Gasteiger partial charge < -0.3 is 114 Å². The summed E-state index contributed by atoms with van der Waals surface area (Å²) in [5, 5.41) is 98.2. The van der Waals surface area contributed by atoms with E-state index in [2.05, 4.69) is 21.3 Å². The molecule has 0 spiro atoms. The van der Waals surface area contributed by atoms with Gasteiger partial charge in [-0.2, -0.15) is 0 Å². The van der Waals surface area contributed by atoms with Crippen LogP contribution in [-0.2, 0) is 80.9 Å². The van der Waals surface area contributed by atoms with Crippen LogP contribution in [0, 0.1) is 0 Å². The summed E-state index contributed by atoms with van der Waals surface area (Å²) in [5.41, 5.74) is 0. The monoisotopic (exact) mass is 1130 g/mol. The molecule has 0 aromatic rings. The standard InChI is InChI=1S/C49H82N4O25/c1-21-35(62)38(65)32(51-24(4)56)46(71-21)77-44-39(66)40(67)48(69-20-55)78-49(44)76-43-34(53-26(6)58)47(72-23(3)41(43)74-31-18-28(60)37(64)29(19-54)73-31)75-42-33(52-25(5)57)45(70-22(2)36(42)63)68-17-13-9-8-10-14-27(59)15-11-12-16-30(61)50-7/h20-23,28-29,31-49,54,60,62-67H,8-19H2,1-7H3,(H,50,61)(H,51,56)(H,52,57)(H,53,58)/t21?,22?,23?,28-,29?,31+,32?,33?,34?,35-,36+,37+,38-,39+,40+,41-,42-,43-,44?,45-,46+,47+,48?,49-/m1/s1. The van der Waals surface area contributed by atoms with Crippen molar-refractivity contribution in [2.24, 2.45) is 0 Å². The molecule has 5 fully saturated rings. The van der Waals surface area contributed by atoms with Gasteiger partial charge in [-0.1, -0.05) is 12.8 Å². The summed E-state index contributed by atoms with van der Waals surface area (Å²) >= 11 is 0. The van der Waals surface area contributed by atoms with Gasteiger partial charge in [0.15, 0.2) is 31.5 Å². The average Bonchev–Trinajstić information content (AvgIpc) is 3.46. The fraction of sp³-hybridized carbons (Fsp3) is 0.878. The number of ketones is 1. The number of hydrogen-bond donors (Lipinski definition) is 12. The van der Waals surface area contributed by atoms with Crippen LogP contribution in [0.3, 0.4) is 0 Å². The zero-order chi connectivity index (χ0) is 57.5. The molecule has 0 saturated carbocycles. The average molecular weight is 1130 g/mol. The van der Waals surface area contributed by atoms with Crippen molar-refractivity contribution in [2.75, 3.05) is 20.3 Å². The van der Waals surface area contributed by atoms with Crippen molar-refractivity contribution in [3.63, 3.8) is 0 Å². The van der Waals surface area contributed by atoms with Gasteiger partial charge in [-0.05, 0) is 46.5 Å². The van der Waals surface area contributed by atoms with Crippen LogP contribution in [0.25, 0.3) is 0 Å². The number of nitrogens with one attached hydrogen (secondary N) is 4. The minimum atomic E-state index is -2.11. The topological polar surface area (TPSA) is 414 Å². The zero-order valence-corrected chi connectivity index (χ0v) is 44.9. The third-order valence-electron chi connectivity index (χ3n) is 14.2. The van der Waals surface area contributed by atoms with E-state index in [1.165, 1.54) is 27.7 Å². The van der Waals surface area contributed by atoms with Gasteiger partial charge >= 0.3 is 0 Å². The molecule has 0 bridgehead atoms. The Labute approximate surface area is 451 Å². The van der Waals surface area contributed by atoms with Crippen LogP contribution in [0.15, 0.2) is 0 Å². The summed E-state index contributed by atoms with van der Waals surface area (Å²) in [4.78, 5) is 74.1. The van der Waals surface area contributed by atoms with Crippen LogP contribution in [0.4, 0.5) is 0 Å². The molecule has 5 aliphatic heterocycles. The number of Topliss-reactive ketones (excluding diaryl/α,β-unsaturated/α-hetero) is 1. The van der Waals surface area contributed by atoms with Gasteiger partial charge in [-0.25, -0.2) is 0 Å². The highest BCUT2D eigenvalue weighted by atomic mass is 16.8. The number of unbranched alkanes of at least 4 members (excludes halogenated alkanes) is 4. The first kappa shape index (κ1) is 65.1. The fourth-order valence-electron chi connectivity index (χ4n) is 9.95. The van der Waals surface area contributed by atoms with E-state index in [1.807, 2.05) is 0 Å². The summed E-state index contributed by atoms with van der Waals surface area (Å²) in [6, 6.07) is -4.36. The normalized spacial score (nSPS) is 40.0. The quantitative estimate of drug-likeness (QED) is 0.0273. The Morgan fingerprint density at radius 3 is 1.69 bits per heavy atom. The van der Waals surface area contributed by atoms with Gasteiger partial charge in [0.25, 0.3) is 6.47 Å². The summed E-state index contributed by atoms with van der Waals surface area (Å²) in [5.74, 6) is -1.97. The Kier molecular flexibility index (Phi) is 25.8. The van der Waals surface area contributed by atoms with Gasteiger partial charge in [-0.3, -0.25) is 28.8 Å². The Morgan fingerprint density at radius 1 is 0.526 bits per heavy atom. The Hall–Kier alpha value is -3.70. The third-order valence-corrected chi connectivity index (χ3v) is 14.2. The van der Waals surface area contributed by atoms with E-state index in [1.54, 1.807) is 7.05 Å². The van der Waals surface area contributed by atoms with Gasteiger partial charge in [0.1, 0.15) is 91.1 Å². The highest BCUT2D eigenvalue weighted by Crippen LogP contribution is 2.37. The molecule has 5 rings (SSSR count). The largest absolute Gasteiger partial charge is 0.435 e. The maximum absolute atomic E-state index is 13.3. The van der Waals surface area contributed by atoms with E-state index in [-0.39, 0.29) is 31.2 Å². The predicted molar refractivity (Wildman–Crippen MR) is 260 cm³/mol. The van der Waals surface area contributed by atoms with Crippen LogP contribution in [-0.4, -0.2) is 244 Å². The third kappa shape index (κ3) is 17.7. The Morgan fingerprint density at radius 2 is 1.06 bits per heavy atom. The van der Waals surface area contributed by atoms with E-state index in [0.717, 1.165) is 13.8 Å². The number of carbonyl (C=O) groups excluding carboxylic acids is 6. The lowest BCUT2D eigenvalue weighted by atomic mass is 9.94. The maximum Gasteiger partial charge on any atom is 0.295 e. The first-order chi connectivity index (χ1) is 37.0. The van der Waals surface area contributed by atoms with Crippen molar-refractivity contribution < 1.29 is 122 Å². The second-order valence-corrected chi connectivity index (χ2v) is 20.3. The number of ether oxygens (including phenoxy) is 11. The molecule has 78 heavy (non-hydrogen) atoms. The van der Waals surface area contributed by atoms with Crippen LogP contribution >= 0.6 is 0 Å². The van der Waals surface area contributed by atoms with Gasteiger partial charge in [-0.15, -0.1) is 0 Å². The molecule has 0 radical (unpaired) electrons. The highest BCUT2D eigenvalue weighted by Gasteiger charge is 2.57. The molecule has 5 saturated heterocycles. The molecular formula is C49H82N4O25. The molecule has 29 nitrogen and oxygen atoms in total. The summed E-state index contributed by atoms with van der Waals surface area (Å²) in [7, 11) is 1.56. The van der Waals surface area contributed by atoms with Crippen molar-refractivity contribution >= 4 is 35.9 Å². The van der Waals surface area contributed by atoms with Gasteiger partial charge in [0, 0.05) is 60.1 Å². The Balaban J connectivity index is 1.44. The molecule has 4 amide bonds.